The number of hydrogen-bond acceptors (Lipinski definition) is 13. The van der Waals surface area contributed by atoms with Crippen LogP contribution in [-0.2, 0) is 9.47 Å². The van der Waals surface area contributed by atoms with E-state index in [4.69, 9.17) is 9.47 Å². The number of aromatic nitrogens is 6. The van der Waals surface area contributed by atoms with Gasteiger partial charge in [-0.2, -0.15) is 0 Å². The summed E-state index contributed by atoms with van der Waals surface area (Å²) < 4.78 is 41.3. The molecule has 2 aliphatic rings. The van der Waals surface area contributed by atoms with Crippen molar-refractivity contribution >= 4 is 17.5 Å². The average molecular weight is 647 g/mol. The van der Waals surface area contributed by atoms with Gasteiger partial charge in [-0.3, -0.25) is 0 Å². The fraction of sp³-hybridized carbons (Fsp3) is 0.357. The number of aliphatic hydroxyl groups excluding tert-OH is 6. The lowest BCUT2D eigenvalue weighted by Gasteiger charge is -2.43. The predicted octanol–water partition coefficient (Wildman–Crippen LogP) is 0.700. The second-order valence-electron chi connectivity index (χ2n) is 10.4. The maximum atomic E-state index is 13.8. The second kappa shape index (κ2) is 12.9. The molecule has 0 radical (unpaired) electrons. The van der Waals surface area contributed by atoms with Crippen molar-refractivity contribution in [1.29, 1.82) is 0 Å². The molecule has 8 atom stereocenters. The van der Waals surface area contributed by atoms with Gasteiger partial charge in [0.1, 0.15) is 81.9 Å². The molecule has 238 valence electrons. The lowest BCUT2D eigenvalue weighted by molar-refractivity contribution is -0.179. The van der Waals surface area contributed by atoms with Crippen LogP contribution in [-0.4, -0.2) is 115 Å². The maximum Gasteiger partial charge on any atom is 0.148 e. The van der Waals surface area contributed by atoms with Crippen LogP contribution in [0, 0.1) is 11.6 Å². The van der Waals surface area contributed by atoms with Crippen molar-refractivity contribution in [3.63, 3.8) is 0 Å². The lowest BCUT2D eigenvalue weighted by Crippen LogP contribution is -2.56. The molecule has 17 heteroatoms. The van der Waals surface area contributed by atoms with E-state index in [1.807, 2.05) is 0 Å². The number of aliphatic hydroxyl groups is 6. The summed E-state index contributed by atoms with van der Waals surface area (Å²) >= 11 is 0.762. The second-order valence-corrected chi connectivity index (χ2v) is 11.6. The van der Waals surface area contributed by atoms with E-state index in [0.717, 1.165) is 16.4 Å². The number of benzene rings is 2. The van der Waals surface area contributed by atoms with Gasteiger partial charge in [-0.05, 0) is 24.3 Å². The van der Waals surface area contributed by atoms with E-state index in [-0.39, 0.29) is 17.1 Å². The third-order valence-electron chi connectivity index (χ3n) is 7.48. The Morgan fingerprint density at radius 2 is 1.44 bits per heavy atom. The standard InChI is InChI=1S/C28H28F2N6O8S/c29-15-5-1-3-13(7-15)17-9-35(33-31-17)21-23(39)19(11-37)43-27(25(21)41)45-28-26(42)22(24(40)20(12-38)44-28)36-10-18(32-34-36)14-4-2-6-16(30)8-14/h1-10,19-21,23,25-28,37-42H,11-12H2/t19?,20?,21?,23-,25?,26?,27-,28-/m0/s1. The van der Waals surface area contributed by atoms with E-state index in [2.05, 4.69) is 20.6 Å². The molecule has 4 aromatic rings. The molecule has 0 aliphatic carbocycles. The molecule has 1 fully saturated rings. The minimum Gasteiger partial charge on any atom is -0.507 e. The first-order valence-electron chi connectivity index (χ1n) is 13.7. The third kappa shape index (κ3) is 6.08. The molecule has 4 heterocycles. The van der Waals surface area contributed by atoms with E-state index in [9.17, 15) is 39.4 Å². The number of halogens is 2. The predicted molar refractivity (Wildman–Crippen MR) is 153 cm³/mol. The van der Waals surface area contributed by atoms with Gasteiger partial charge in [-0.1, -0.05) is 46.5 Å². The number of rotatable bonds is 8. The lowest BCUT2D eigenvalue weighted by atomic mass is 9.97. The van der Waals surface area contributed by atoms with Crippen LogP contribution in [0.3, 0.4) is 0 Å². The quantitative estimate of drug-likeness (QED) is 0.156. The Labute approximate surface area is 257 Å². The van der Waals surface area contributed by atoms with Gasteiger partial charge in [0, 0.05) is 11.1 Å². The number of ether oxygens (including phenoxy) is 2. The van der Waals surface area contributed by atoms with Gasteiger partial charge in [0.15, 0.2) is 0 Å². The molecule has 0 amide bonds. The van der Waals surface area contributed by atoms with Crippen LogP contribution in [0.1, 0.15) is 6.04 Å². The van der Waals surface area contributed by atoms with Crippen LogP contribution >= 0.6 is 11.8 Å². The van der Waals surface area contributed by atoms with Crippen molar-refractivity contribution in [3.8, 4) is 22.5 Å². The van der Waals surface area contributed by atoms with E-state index >= 15 is 0 Å². The van der Waals surface area contributed by atoms with Crippen molar-refractivity contribution in [2.24, 2.45) is 0 Å². The van der Waals surface area contributed by atoms with Crippen molar-refractivity contribution < 1.29 is 48.9 Å². The Bertz CT molecular complexity index is 1690. The topological polar surface area (TPSA) is 201 Å². The van der Waals surface area contributed by atoms with Crippen LogP contribution < -0.4 is 0 Å². The van der Waals surface area contributed by atoms with E-state index in [1.165, 1.54) is 53.5 Å². The summed E-state index contributed by atoms with van der Waals surface area (Å²) in [6.45, 7) is -1.34. The van der Waals surface area contributed by atoms with Gasteiger partial charge in [-0.15, -0.1) is 10.2 Å². The average Bonchev–Trinajstić information content (AvgIpc) is 3.71. The number of hydrogen-bond donors (Lipinski definition) is 6. The Balaban J connectivity index is 1.26. The Morgan fingerprint density at radius 1 is 0.800 bits per heavy atom. The normalized spacial score (nSPS) is 28.9. The summed E-state index contributed by atoms with van der Waals surface area (Å²) in [5, 5.41) is 80.4. The highest BCUT2D eigenvalue weighted by Crippen LogP contribution is 2.41. The molecule has 0 bridgehead atoms. The summed E-state index contributed by atoms with van der Waals surface area (Å²) in [5.74, 6) is -1.52. The highest BCUT2D eigenvalue weighted by molar-refractivity contribution is 8.00. The van der Waals surface area contributed by atoms with Crippen molar-refractivity contribution in [2.75, 3.05) is 13.2 Å². The molecular formula is C28H28F2N6O8S. The molecule has 6 N–H and O–H groups in total. The molecular weight excluding hydrogens is 618 g/mol. The first-order chi connectivity index (χ1) is 21.7. The van der Waals surface area contributed by atoms with Gasteiger partial charge in [0.05, 0.1) is 25.6 Å². The number of nitrogens with zero attached hydrogens (tertiary/aromatic N) is 6. The Hall–Kier alpha value is -3.81. The smallest absolute Gasteiger partial charge is 0.148 e. The van der Waals surface area contributed by atoms with Gasteiger partial charge in [0.25, 0.3) is 0 Å². The highest BCUT2D eigenvalue weighted by atomic mass is 32.2. The molecule has 2 aromatic carbocycles. The fourth-order valence-corrected chi connectivity index (χ4v) is 6.49. The van der Waals surface area contributed by atoms with Crippen molar-refractivity contribution in [3.05, 3.63) is 78.3 Å². The zero-order valence-electron chi connectivity index (χ0n) is 23.2. The molecule has 45 heavy (non-hydrogen) atoms. The van der Waals surface area contributed by atoms with Gasteiger partial charge in [0.2, 0.25) is 0 Å². The first kappa shape index (κ1) is 31.2. The van der Waals surface area contributed by atoms with E-state index in [0.29, 0.717) is 11.1 Å². The molecule has 2 aliphatic heterocycles. The first-order valence-corrected chi connectivity index (χ1v) is 14.6. The Morgan fingerprint density at radius 3 is 2.07 bits per heavy atom. The van der Waals surface area contributed by atoms with Crippen molar-refractivity contribution in [2.45, 2.75) is 47.4 Å². The molecule has 14 nitrogen and oxygen atoms in total. The van der Waals surface area contributed by atoms with Crippen LogP contribution in [0.2, 0.25) is 0 Å². The van der Waals surface area contributed by atoms with Crippen LogP contribution in [0.4, 0.5) is 8.78 Å². The minimum atomic E-state index is -1.63. The summed E-state index contributed by atoms with van der Waals surface area (Å²) in [6.07, 6.45) is -4.37. The summed E-state index contributed by atoms with van der Waals surface area (Å²) in [7, 11) is 0. The fourth-order valence-electron chi connectivity index (χ4n) is 5.22. The van der Waals surface area contributed by atoms with Crippen LogP contribution in [0.25, 0.3) is 28.2 Å². The highest BCUT2D eigenvalue weighted by Gasteiger charge is 2.49. The van der Waals surface area contributed by atoms with Gasteiger partial charge < -0.3 is 40.1 Å². The third-order valence-corrected chi connectivity index (χ3v) is 8.78. The zero-order valence-corrected chi connectivity index (χ0v) is 24.0. The van der Waals surface area contributed by atoms with Crippen LogP contribution in [0.15, 0.2) is 66.7 Å². The zero-order chi connectivity index (χ0) is 31.8. The SMILES string of the molecule is OCC1O[C@@H](S[C@@H]2OC(CO)[C@H](O)C(n3cc(-c4cccc(F)c4)nn3)C2O)C(O)C(n2cc(-c3cccc(F)c3)nn2)=C1O. The van der Waals surface area contributed by atoms with E-state index in [1.54, 1.807) is 12.1 Å². The summed E-state index contributed by atoms with van der Waals surface area (Å²) in [5.41, 5.74) is -1.44. The summed E-state index contributed by atoms with van der Waals surface area (Å²) in [6, 6.07) is 9.99. The molecule has 2 aromatic heterocycles. The molecule has 1 saturated heterocycles. The van der Waals surface area contributed by atoms with Gasteiger partial charge in [-0.25, -0.2) is 18.1 Å². The maximum absolute atomic E-state index is 13.8. The van der Waals surface area contributed by atoms with Gasteiger partial charge >= 0.3 is 0 Å². The molecule has 0 spiro atoms. The minimum absolute atomic E-state index is 0.190. The summed E-state index contributed by atoms with van der Waals surface area (Å²) in [4.78, 5) is 0. The Kier molecular flexibility index (Phi) is 8.94. The van der Waals surface area contributed by atoms with Crippen molar-refractivity contribution in [1.82, 2.24) is 30.0 Å². The molecule has 5 unspecified atom stereocenters. The molecule has 0 saturated carbocycles. The van der Waals surface area contributed by atoms with Crippen LogP contribution in [0.5, 0.6) is 0 Å². The molecule has 6 rings (SSSR count). The largest absolute Gasteiger partial charge is 0.507 e. The monoisotopic (exact) mass is 646 g/mol. The number of thioether (sulfide) groups is 1. The van der Waals surface area contributed by atoms with E-state index < -0.39 is 78.0 Å².